The van der Waals surface area contributed by atoms with E-state index in [0.29, 0.717) is 10.6 Å². The van der Waals surface area contributed by atoms with E-state index in [1.807, 2.05) is 24.6 Å². The van der Waals surface area contributed by atoms with Crippen molar-refractivity contribution < 1.29 is 8.60 Å². The summed E-state index contributed by atoms with van der Waals surface area (Å²) in [6, 6.07) is 5.91. The van der Waals surface area contributed by atoms with Gasteiger partial charge in [-0.25, -0.2) is 4.39 Å². The molecule has 0 bridgehead atoms. The lowest BCUT2D eigenvalue weighted by atomic mass is 10.3. The molecule has 1 heterocycles. The van der Waals surface area contributed by atoms with E-state index in [-0.39, 0.29) is 5.69 Å². The van der Waals surface area contributed by atoms with Crippen LogP contribution in [0.4, 0.5) is 10.1 Å². The maximum Gasteiger partial charge on any atom is 0.125 e. The molecule has 1 atom stereocenters. The Kier molecular flexibility index (Phi) is 4.54. The molecule has 6 heteroatoms. The van der Waals surface area contributed by atoms with E-state index in [1.165, 1.54) is 18.2 Å². The van der Waals surface area contributed by atoms with Crippen LogP contribution in [0.3, 0.4) is 0 Å². The minimum Gasteiger partial charge on any atom is -0.398 e. The van der Waals surface area contributed by atoms with Gasteiger partial charge in [0.2, 0.25) is 0 Å². The van der Waals surface area contributed by atoms with Crippen LogP contribution in [0.25, 0.3) is 0 Å². The van der Waals surface area contributed by atoms with Crippen molar-refractivity contribution in [3.8, 4) is 0 Å². The highest BCUT2D eigenvalue weighted by molar-refractivity contribution is 7.84. The van der Waals surface area contributed by atoms with Gasteiger partial charge in [0, 0.05) is 6.54 Å². The Labute approximate surface area is 120 Å². The van der Waals surface area contributed by atoms with E-state index < -0.39 is 16.6 Å². The molecule has 2 N–H and O–H groups in total. The van der Waals surface area contributed by atoms with E-state index in [9.17, 15) is 8.60 Å². The second-order valence-corrected chi connectivity index (χ2v) is 5.89. The fraction of sp³-hybridized carbons (Fsp3) is 0.357. The molecular formula is C14H18FN3OS. The van der Waals surface area contributed by atoms with Crippen molar-refractivity contribution in [3.63, 3.8) is 0 Å². The van der Waals surface area contributed by atoms with E-state index in [1.54, 1.807) is 0 Å². The summed E-state index contributed by atoms with van der Waals surface area (Å²) in [5, 5.41) is 4.42. The summed E-state index contributed by atoms with van der Waals surface area (Å²) in [4.78, 5) is 0.466. The van der Waals surface area contributed by atoms with Crippen LogP contribution < -0.4 is 5.73 Å². The monoisotopic (exact) mass is 295 g/mol. The number of rotatable bonds is 5. The molecule has 0 saturated carbocycles. The molecule has 2 rings (SSSR count). The molecule has 1 aromatic carbocycles. The number of aromatic nitrogens is 2. The highest BCUT2D eigenvalue weighted by atomic mass is 32.2. The summed E-state index contributed by atoms with van der Waals surface area (Å²) in [7, 11) is -1.31. The molecule has 2 aromatic rings. The second-order valence-electron chi connectivity index (χ2n) is 4.47. The first-order chi connectivity index (χ1) is 9.55. The summed E-state index contributed by atoms with van der Waals surface area (Å²) in [6.45, 7) is 4.75. The van der Waals surface area contributed by atoms with Crippen molar-refractivity contribution in [1.82, 2.24) is 9.78 Å². The average molecular weight is 295 g/mol. The highest BCUT2D eigenvalue weighted by Gasteiger charge is 2.13. The molecule has 0 aliphatic carbocycles. The van der Waals surface area contributed by atoms with Gasteiger partial charge >= 0.3 is 0 Å². The number of nitrogens with zero attached hydrogens (tertiary/aromatic N) is 2. The van der Waals surface area contributed by atoms with Crippen LogP contribution in [-0.2, 0) is 29.5 Å². The zero-order chi connectivity index (χ0) is 14.7. The number of hydrogen-bond acceptors (Lipinski definition) is 3. The lowest BCUT2D eigenvalue weighted by molar-refractivity contribution is 0.622. The molecule has 1 unspecified atom stereocenters. The molecule has 0 spiro atoms. The van der Waals surface area contributed by atoms with Crippen LogP contribution in [0.2, 0.25) is 0 Å². The Morgan fingerprint density at radius 1 is 1.35 bits per heavy atom. The Morgan fingerprint density at radius 3 is 2.70 bits per heavy atom. The molecule has 0 aliphatic heterocycles. The third-order valence-corrected chi connectivity index (χ3v) is 4.49. The Balaban J connectivity index is 2.25. The Morgan fingerprint density at radius 2 is 2.10 bits per heavy atom. The van der Waals surface area contributed by atoms with Gasteiger partial charge in [-0.2, -0.15) is 5.10 Å². The number of nitrogen functional groups attached to an aromatic ring is 1. The number of nitrogens with two attached hydrogens (primary N) is 1. The summed E-state index contributed by atoms with van der Waals surface area (Å²) in [6.07, 6.45) is 0.839. The third-order valence-electron chi connectivity index (χ3n) is 3.07. The van der Waals surface area contributed by atoms with Crippen molar-refractivity contribution in [2.24, 2.45) is 0 Å². The summed E-state index contributed by atoms with van der Waals surface area (Å²) in [5.41, 5.74) is 7.83. The van der Waals surface area contributed by atoms with Gasteiger partial charge in [0.15, 0.2) is 0 Å². The predicted molar refractivity (Wildman–Crippen MR) is 78.2 cm³/mol. The first kappa shape index (κ1) is 14.7. The first-order valence-corrected chi connectivity index (χ1v) is 7.86. The quantitative estimate of drug-likeness (QED) is 0.862. The number of aryl methyl sites for hydroxylation is 2. The van der Waals surface area contributed by atoms with Crippen LogP contribution in [0.5, 0.6) is 0 Å². The Hall–Kier alpha value is -1.69. The second kappa shape index (κ2) is 6.17. The van der Waals surface area contributed by atoms with Crippen molar-refractivity contribution in [1.29, 1.82) is 0 Å². The third kappa shape index (κ3) is 3.07. The van der Waals surface area contributed by atoms with Gasteiger partial charge in [-0.15, -0.1) is 0 Å². The normalized spacial score (nSPS) is 12.6. The van der Waals surface area contributed by atoms with Gasteiger partial charge in [-0.3, -0.25) is 8.89 Å². The topological polar surface area (TPSA) is 60.9 Å². The maximum absolute atomic E-state index is 13.0. The van der Waals surface area contributed by atoms with Gasteiger partial charge < -0.3 is 5.73 Å². The molecule has 0 amide bonds. The molecule has 20 heavy (non-hydrogen) atoms. The fourth-order valence-electron chi connectivity index (χ4n) is 2.02. The standard InChI is InChI=1S/C14H18FN3OS/c1-3-11-8-12(18(4-2)17-11)9-20(19)14-6-5-10(15)7-13(14)16/h5-8H,3-4,9,16H2,1-2H3. The lowest BCUT2D eigenvalue weighted by Gasteiger charge is -2.07. The average Bonchev–Trinajstić information content (AvgIpc) is 2.80. The van der Waals surface area contributed by atoms with Gasteiger partial charge in [-0.1, -0.05) is 6.92 Å². The summed E-state index contributed by atoms with van der Waals surface area (Å²) < 4.78 is 27.2. The van der Waals surface area contributed by atoms with Crippen LogP contribution in [-0.4, -0.2) is 14.0 Å². The smallest absolute Gasteiger partial charge is 0.125 e. The minimum absolute atomic E-state index is 0.224. The first-order valence-electron chi connectivity index (χ1n) is 6.54. The van der Waals surface area contributed by atoms with E-state index in [2.05, 4.69) is 5.10 Å². The van der Waals surface area contributed by atoms with Crippen molar-refractivity contribution in [2.45, 2.75) is 37.5 Å². The maximum atomic E-state index is 13.0. The van der Waals surface area contributed by atoms with Gasteiger partial charge in [0.1, 0.15) is 5.82 Å². The fourth-order valence-corrected chi connectivity index (χ4v) is 3.21. The van der Waals surface area contributed by atoms with Crippen LogP contribution in [0, 0.1) is 5.82 Å². The molecule has 0 saturated heterocycles. The zero-order valence-electron chi connectivity index (χ0n) is 11.6. The molecule has 108 valence electrons. The predicted octanol–water partition coefficient (Wildman–Crippen LogP) is 2.49. The Bertz CT molecular complexity index is 639. The van der Waals surface area contributed by atoms with E-state index >= 15 is 0 Å². The molecule has 0 aliphatic rings. The molecular weight excluding hydrogens is 277 g/mol. The molecule has 0 radical (unpaired) electrons. The van der Waals surface area contributed by atoms with Gasteiger partial charge in [0.25, 0.3) is 0 Å². The van der Waals surface area contributed by atoms with Gasteiger partial charge in [0.05, 0.1) is 38.5 Å². The lowest BCUT2D eigenvalue weighted by Crippen LogP contribution is -2.07. The number of anilines is 1. The zero-order valence-corrected chi connectivity index (χ0v) is 12.4. The number of benzene rings is 1. The largest absolute Gasteiger partial charge is 0.398 e. The minimum atomic E-state index is -1.31. The number of hydrogen-bond donors (Lipinski definition) is 1. The summed E-state index contributed by atoms with van der Waals surface area (Å²) in [5.74, 6) is -0.0912. The SMILES string of the molecule is CCc1cc(CS(=O)c2ccc(F)cc2N)n(CC)n1. The number of halogens is 1. The van der Waals surface area contributed by atoms with Crippen molar-refractivity contribution in [2.75, 3.05) is 5.73 Å². The molecule has 1 aromatic heterocycles. The highest BCUT2D eigenvalue weighted by Crippen LogP contribution is 2.20. The molecule has 4 nitrogen and oxygen atoms in total. The summed E-state index contributed by atoms with van der Waals surface area (Å²) >= 11 is 0. The van der Waals surface area contributed by atoms with Crippen LogP contribution in [0.1, 0.15) is 25.2 Å². The van der Waals surface area contributed by atoms with Crippen molar-refractivity contribution in [3.05, 3.63) is 41.5 Å². The van der Waals surface area contributed by atoms with Gasteiger partial charge in [-0.05, 0) is 37.6 Å². The van der Waals surface area contributed by atoms with E-state index in [0.717, 1.165) is 24.4 Å². The van der Waals surface area contributed by atoms with Crippen molar-refractivity contribution >= 4 is 16.5 Å². The molecule has 0 fully saturated rings. The van der Waals surface area contributed by atoms with Crippen LogP contribution >= 0.6 is 0 Å². The van der Waals surface area contributed by atoms with Crippen LogP contribution in [0.15, 0.2) is 29.2 Å². The van der Waals surface area contributed by atoms with E-state index in [4.69, 9.17) is 5.73 Å².